The molecule has 0 bridgehead atoms. The molecule has 29 heavy (non-hydrogen) atoms. The highest BCUT2D eigenvalue weighted by Crippen LogP contribution is 2.48. The van der Waals surface area contributed by atoms with Gasteiger partial charge in [0.1, 0.15) is 26.2 Å². The van der Waals surface area contributed by atoms with Gasteiger partial charge in [-0.25, -0.2) is 0 Å². The van der Waals surface area contributed by atoms with E-state index in [1.807, 2.05) is 0 Å². The van der Waals surface area contributed by atoms with Gasteiger partial charge in [0.2, 0.25) is 5.91 Å². The number of nitrogens with one attached hydrogen (secondary N) is 2. The summed E-state index contributed by atoms with van der Waals surface area (Å²) < 4.78 is 0. The number of rotatable bonds is 8. The molecule has 0 aromatic heterocycles. The molecule has 1 heterocycles. The zero-order valence-electron chi connectivity index (χ0n) is 18.1. The first-order chi connectivity index (χ1) is 14.2. The van der Waals surface area contributed by atoms with Gasteiger partial charge in [-0.05, 0) is 43.1 Å². The molecule has 2 N–H and O–H groups in total. The first-order valence-electron chi connectivity index (χ1n) is 11.8. The van der Waals surface area contributed by atoms with Crippen LogP contribution < -0.4 is 9.80 Å². The van der Waals surface area contributed by atoms with Crippen molar-refractivity contribution in [1.29, 1.82) is 0 Å². The second-order valence-electron chi connectivity index (χ2n) is 9.60. The summed E-state index contributed by atoms with van der Waals surface area (Å²) in [6.07, 6.45) is 10.4. The fraction of sp³-hybridized carbons (Fsp3) is 0.640. The summed E-state index contributed by atoms with van der Waals surface area (Å²) in [4.78, 5) is 19.0. The first kappa shape index (κ1) is 20.6. The van der Waals surface area contributed by atoms with E-state index < -0.39 is 0 Å². The fourth-order valence-corrected chi connectivity index (χ4v) is 5.20. The average molecular weight is 398 g/mol. The van der Waals surface area contributed by atoms with Crippen molar-refractivity contribution in [2.45, 2.75) is 38.0 Å². The zero-order chi connectivity index (χ0) is 20.1. The number of benzene rings is 1. The topological polar surface area (TPSA) is 29.2 Å². The first-order valence-corrected chi connectivity index (χ1v) is 11.8. The minimum absolute atomic E-state index is 0.219. The van der Waals surface area contributed by atoms with Gasteiger partial charge in [-0.1, -0.05) is 42.5 Å². The van der Waals surface area contributed by atoms with Crippen molar-refractivity contribution in [2.75, 3.05) is 52.9 Å². The van der Waals surface area contributed by atoms with Crippen molar-refractivity contribution in [2.24, 2.45) is 11.8 Å². The van der Waals surface area contributed by atoms with E-state index in [0.717, 1.165) is 32.4 Å². The Morgan fingerprint density at radius 1 is 1.10 bits per heavy atom. The molecule has 4 rings (SSSR count). The van der Waals surface area contributed by atoms with E-state index in [2.05, 4.69) is 54.4 Å². The Morgan fingerprint density at radius 3 is 2.62 bits per heavy atom. The van der Waals surface area contributed by atoms with E-state index in [0.29, 0.717) is 17.7 Å². The van der Waals surface area contributed by atoms with Crippen LogP contribution in [0.4, 0.5) is 0 Å². The average Bonchev–Trinajstić information content (AvgIpc) is 3.56. The predicted octanol–water partition coefficient (Wildman–Crippen LogP) is 0.778. The highest BCUT2D eigenvalue weighted by Gasteiger charge is 2.45. The second-order valence-corrected chi connectivity index (χ2v) is 9.60. The molecule has 158 valence electrons. The van der Waals surface area contributed by atoms with Crippen LogP contribution in [0.25, 0.3) is 0 Å². The van der Waals surface area contributed by atoms with Gasteiger partial charge in [0.05, 0.1) is 13.6 Å². The number of piperazine rings is 1. The van der Waals surface area contributed by atoms with Gasteiger partial charge in [-0.3, -0.25) is 4.79 Å². The molecule has 2 fully saturated rings. The van der Waals surface area contributed by atoms with Crippen LogP contribution in [0, 0.1) is 11.8 Å². The zero-order valence-corrected chi connectivity index (χ0v) is 18.1. The number of allylic oxidation sites excluding steroid dienone is 2. The Kier molecular flexibility index (Phi) is 7.04. The second kappa shape index (κ2) is 9.90. The number of carbonyl (C=O) groups is 1. The van der Waals surface area contributed by atoms with Crippen LogP contribution in [0.5, 0.6) is 0 Å². The Hall–Kier alpha value is -1.65. The molecule has 2 aliphatic carbocycles. The summed E-state index contributed by atoms with van der Waals surface area (Å²) in [5, 5.41) is 0. The van der Waals surface area contributed by atoms with Crippen LogP contribution in [-0.2, 0) is 4.79 Å². The lowest BCUT2D eigenvalue weighted by molar-refractivity contribution is -1.00. The summed E-state index contributed by atoms with van der Waals surface area (Å²) in [5.74, 6) is 1.74. The Morgan fingerprint density at radius 2 is 1.90 bits per heavy atom. The molecule has 1 aromatic rings. The van der Waals surface area contributed by atoms with Crippen LogP contribution in [0.1, 0.15) is 43.6 Å². The standard InChI is InChI=1S/C25H37N3O/c1-26-15-17-27(18-16-26)13-8-14-28(20-21-9-4-2-5-10-21)25(29)24-19-23(24)22-11-6-3-7-12-22/h2-4,6-7,11-12,21,23-24H,5,8-10,13-20H2,1H3/p+2/t21-,23-,24+/m0/s1. The van der Waals surface area contributed by atoms with Crippen LogP contribution in [0.2, 0.25) is 0 Å². The van der Waals surface area contributed by atoms with Crippen molar-refractivity contribution in [1.82, 2.24) is 4.90 Å². The maximum atomic E-state index is 13.4. The third-order valence-electron chi connectivity index (χ3n) is 7.27. The quantitative estimate of drug-likeness (QED) is 0.624. The molecule has 1 aliphatic heterocycles. The van der Waals surface area contributed by atoms with Gasteiger partial charge in [-0.15, -0.1) is 0 Å². The molecule has 1 saturated heterocycles. The maximum absolute atomic E-state index is 13.4. The van der Waals surface area contributed by atoms with E-state index in [9.17, 15) is 4.79 Å². The molecule has 4 nitrogen and oxygen atoms in total. The molecular weight excluding hydrogens is 358 g/mol. The SMILES string of the molecule is C[NH+]1CC[NH+](CCCN(C[C@H]2CC=CCC2)C(=O)[C@@H]2C[C@H]2c2ccccc2)CC1. The largest absolute Gasteiger partial charge is 0.342 e. The minimum atomic E-state index is 0.219. The molecule has 0 unspecified atom stereocenters. The van der Waals surface area contributed by atoms with E-state index in [1.165, 1.54) is 51.1 Å². The smallest absolute Gasteiger partial charge is 0.226 e. The third kappa shape index (κ3) is 5.70. The third-order valence-corrected chi connectivity index (χ3v) is 7.27. The Labute approximate surface area is 176 Å². The number of quaternary nitrogens is 2. The van der Waals surface area contributed by atoms with Gasteiger partial charge in [-0.2, -0.15) is 0 Å². The van der Waals surface area contributed by atoms with Crippen molar-refractivity contribution in [3.63, 3.8) is 0 Å². The molecule has 1 saturated carbocycles. The number of likely N-dealkylation sites (N-methyl/N-ethyl adjacent to an activating group) is 1. The van der Waals surface area contributed by atoms with Crippen molar-refractivity contribution >= 4 is 5.91 Å². The van der Waals surface area contributed by atoms with Gasteiger partial charge in [0, 0.05) is 25.4 Å². The number of nitrogens with zero attached hydrogens (tertiary/aromatic N) is 1. The minimum Gasteiger partial charge on any atom is -0.342 e. The lowest BCUT2D eigenvalue weighted by Crippen LogP contribution is -3.27. The van der Waals surface area contributed by atoms with Crippen molar-refractivity contribution in [3.05, 3.63) is 48.0 Å². The molecule has 0 radical (unpaired) electrons. The summed E-state index contributed by atoms with van der Waals surface area (Å²) >= 11 is 0. The van der Waals surface area contributed by atoms with Gasteiger partial charge in [0.15, 0.2) is 0 Å². The number of hydrogen-bond acceptors (Lipinski definition) is 1. The van der Waals surface area contributed by atoms with Gasteiger partial charge < -0.3 is 14.7 Å². The van der Waals surface area contributed by atoms with Crippen LogP contribution >= 0.6 is 0 Å². The van der Waals surface area contributed by atoms with Crippen LogP contribution in [0.15, 0.2) is 42.5 Å². The molecule has 3 atom stereocenters. The lowest BCUT2D eigenvalue weighted by Gasteiger charge is -2.30. The normalized spacial score (nSPS) is 31.4. The summed E-state index contributed by atoms with van der Waals surface area (Å²) in [5.41, 5.74) is 1.34. The maximum Gasteiger partial charge on any atom is 0.226 e. The van der Waals surface area contributed by atoms with E-state index in [-0.39, 0.29) is 5.92 Å². The van der Waals surface area contributed by atoms with Crippen molar-refractivity contribution < 1.29 is 14.6 Å². The highest BCUT2D eigenvalue weighted by molar-refractivity contribution is 5.83. The Bertz CT molecular complexity index is 681. The highest BCUT2D eigenvalue weighted by atomic mass is 16.2. The van der Waals surface area contributed by atoms with Gasteiger partial charge >= 0.3 is 0 Å². The van der Waals surface area contributed by atoms with Crippen molar-refractivity contribution in [3.8, 4) is 0 Å². The molecule has 3 aliphatic rings. The Balaban J connectivity index is 1.32. The lowest BCUT2D eigenvalue weighted by atomic mass is 9.93. The predicted molar refractivity (Wildman–Crippen MR) is 117 cm³/mol. The fourth-order valence-electron chi connectivity index (χ4n) is 5.20. The molecule has 1 amide bonds. The molecule has 0 spiro atoms. The van der Waals surface area contributed by atoms with Gasteiger partial charge in [0.25, 0.3) is 0 Å². The van der Waals surface area contributed by atoms with E-state index in [1.54, 1.807) is 9.80 Å². The number of carbonyl (C=O) groups excluding carboxylic acids is 1. The summed E-state index contributed by atoms with van der Waals surface area (Å²) in [7, 11) is 2.30. The monoisotopic (exact) mass is 397 g/mol. The van der Waals surface area contributed by atoms with E-state index >= 15 is 0 Å². The van der Waals surface area contributed by atoms with Crippen LogP contribution in [-0.4, -0.2) is 63.7 Å². The molecular formula is C25H39N3O+2. The van der Waals surface area contributed by atoms with E-state index in [4.69, 9.17) is 0 Å². The number of hydrogen-bond donors (Lipinski definition) is 2. The summed E-state index contributed by atoms with van der Waals surface area (Å²) in [6, 6.07) is 10.6. The van der Waals surface area contributed by atoms with Crippen LogP contribution in [0.3, 0.4) is 0 Å². The summed E-state index contributed by atoms with van der Waals surface area (Å²) in [6.45, 7) is 8.26. The molecule has 1 aromatic carbocycles. The number of amides is 1. The molecule has 4 heteroatoms.